The summed E-state index contributed by atoms with van der Waals surface area (Å²) in [7, 11) is -3.55. The molecule has 0 bridgehead atoms. The Balaban J connectivity index is 2.11. The third-order valence-corrected chi connectivity index (χ3v) is 6.13. The van der Waals surface area contributed by atoms with Crippen molar-refractivity contribution in [2.75, 3.05) is 11.3 Å². The number of hydrogen-bond donors (Lipinski definition) is 2. The third-order valence-electron chi connectivity index (χ3n) is 2.82. The highest BCUT2D eigenvalue weighted by atomic mass is 32.2. The van der Waals surface area contributed by atoms with Gasteiger partial charge in [0.15, 0.2) is 5.13 Å². The van der Waals surface area contributed by atoms with E-state index in [0.29, 0.717) is 16.6 Å². The van der Waals surface area contributed by atoms with E-state index in [9.17, 15) is 8.42 Å². The van der Waals surface area contributed by atoms with E-state index in [1.165, 1.54) is 22.7 Å². The van der Waals surface area contributed by atoms with Crippen LogP contribution in [-0.2, 0) is 16.6 Å². The van der Waals surface area contributed by atoms with Crippen LogP contribution in [0, 0.1) is 0 Å². The molecule has 0 aromatic carbocycles. The molecule has 0 aliphatic heterocycles. The van der Waals surface area contributed by atoms with Gasteiger partial charge in [-0.2, -0.15) is 0 Å². The number of rotatable bonds is 7. The molecule has 2 aromatic heterocycles. The molecule has 0 amide bonds. The molecule has 0 saturated heterocycles. The molecule has 0 radical (unpaired) electrons. The average Bonchev–Trinajstić information content (AvgIpc) is 3.04. The lowest BCUT2D eigenvalue weighted by Crippen LogP contribution is -2.13. The van der Waals surface area contributed by atoms with Crippen LogP contribution in [0.5, 0.6) is 0 Å². The van der Waals surface area contributed by atoms with Crippen molar-refractivity contribution < 1.29 is 8.42 Å². The number of nitrogens with zero attached hydrogens (tertiary/aromatic N) is 1. The Morgan fingerprint density at radius 3 is 2.67 bits per heavy atom. The first-order valence-corrected chi connectivity index (χ1v) is 9.93. The second kappa shape index (κ2) is 6.87. The summed E-state index contributed by atoms with van der Waals surface area (Å²) in [6, 6.07) is 1.70. The maximum Gasteiger partial charge on any atom is 0.264 e. The fourth-order valence-corrected chi connectivity index (χ4v) is 4.98. The minimum atomic E-state index is -3.55. The molecule has 116 valence electrons. The van der Waals surface area contributed by atoms with Crippen LogP contribution in [-0.4, -0.2) is 19.9 Å². The van der Waals surface area contributed by atoms with Gasteiger partial charge in [0, 0.05) is 22.2 Å². The highest BCUT2D eigenvalue weighted by Gasteiger charge is 2.18. The Bertz CT molecular complexity index is 689. The van der Waals surface area contributed by atoms with Crippen molar-refractivity contribution in [2.45, 2.75) is 38.1 Å². The first-order chi connectivity index (χ1) is 9.92. The van der Waals surface area contributed by atoms with Crippen molar-refractivity contribution in [1.29, 1.82) is 0 Å². The lowest BCUT2D eigenvalue weighted by molar-refractivity contribution is 0.601. The van der Waals surface area contributed by atoms with Gasteiger partial charge in [-0.3, -0.25) is 4.72 Å². The summed E-state index contributed by atoms with van der Waals surface area (Å²) in [5.74, 6) is 0.285. The molecule has 0 atom stereocenters. The van der Waals surface area contributed by atoms with E-state index >= 15 is 0 Å². The predicted octanol–water partition coefficient (Wildman–Crippen LogP) is 3.24. The minimum Gasteiger partial charge on any atom is -0.312 e. The molecule has 2 N–H and O–H groups in total. The Morgan fingerprint density at radius 1 is 1.29 bits per heavy atom. The summed E-state index contributed by atoms with van der Waals surface area (Å²) in [6.07, 6.45) is 0. The van der Waals surface area contributed by atoms with E-state index < -0.39 is 10.0 Å². The smallest absolute Gasteiger partial charge is 0.264 e. The van der Waals surface area contributed by atoms with Crippen molar-refractivity contribution in [3.05, 3.63) is 27.4 Å². The second-order valence-electron chi connectivity index (χ2n) is 4.87. The molecule has 21 heavy (non-hydrogen) atoms. The van der Waals surface area contributed by atoms with Gasteiger partial charge < -0.3 is 5.32 Å². The van der Waals surface area contributed by atoms with Crippen LogP contribution in [0.4, 0.5) is 5.13 Å². The SMILES string of the molecule is CCNCc1cc(S(=O)(=O)Nc2nc(C(C)C)cs2)cs1. The van der Waals surface area contributed by atoms with Gasteiger partial charge in [0.25, 0.3) is 10.0 Å². The maximum atomic E-state index is 12.3. The van der Waals surface area contributed by atoms with Crippen molar-refractivity contribution in [1.82, 2.24) is 10.3 Å². The van der Waals surface area contributed by atoms with Gasteiger partial charge in [0.05, 0.1) is 10.6 Å². The van der Waals surface area contributed by atoms with Gasteiger partial charge in [0.2, 0.25) is 0 Å². The van der Waals surface area contributed by atoms with Crippen LogP contribution in [0.15, 0.2) is 21.7 Å². The van der Waals surface area contributed by atoms with Crippen LogP contribution in [0.1, 0.15) is 37.3 Å². The summed E-state index contributed by atoms with van der Waals surface area (Å²) >= 11 is 2.75. The zero-order valence-corrected chi connectivity index (χ0v) is 14.7. The van der Waals surface area contributed by atoms with Crippen molar-refractivity contribution in [3.8, 4) is 0 Å². The highest BCUT2D eigenvalue weighted by molar-refractivity contribution is 7.93. The molecule has 8 heteroatoms. The van der Waals surface area contributed by atoms with Crippen LogP contribution in [0.2, 0.25) is 0 Å². The highest BCUT2D eigenvalue weighted by Crippen LogP contribution is 2.25. The number of hydrogen-bond acceptors (Lipinski definition) is 6. The topological polar surface area (TPSA) is 71.1 Å². The van der Waals surface area contributed by atoms with Crippen LogP contribution in [0.25, 0.3) is 0 Å². The number of thiazole rings is 1. The van der Waals surface area contributed by atoms with E-state index in [-0.39, 0.29) is 5.92 Å². The van der Waals surface area contributed by atoms with Crippen LogP contribution in [0.3, 0.4) is 0 Å². The summed E-state index contributed by atoms with van der Waals surface area (Å²) in [5, 5.41) is 7.14. The van der Waals surface area contributed by atoms with E-state index in [2.05, 4.69) is 15.0 Å². The number of nitrogens with one attached hydrogen (secondary N) is 2. The van der Waals surface area contributed by atoms with E-state index in [0.717, 1.165) is 17.1 Å². The summed E-state index contributed by atoms with van der Waals surface area (Å²) < 4.78 is 27.2. The monoisotopic (exact) mass is 345 g/mol. The third kappa shape index (κ3) is 4.26. The quantitative estimate of drug-likeness (QED) is 0.808. The van der Waals surface area contributed by atoms with Gasteiger partial charge in [-0.1, -0.05) is 20.8 Å². The zero-order valence-electron chi connectivity index (χ0n) is 12.2. The number of aromatic nitrogens is 1. The molecular weight excluding hydrogens is 326 g/mol. The second-order valence-corrected chi connectivity index (χ2v) is 8.40. The first kappa shape index (κ1) is 16.4. The van der Waals surface area contributed by atoms with Crippen LogP contribution >= 0.6 is 22.7 Å². The van der Waals surface area contributed by atoms with E-state index in [1.54, 1.807) is 11.4 Å². The number of anilines is 1. The maximum absolute atomic E-state index is 12.3. The Kier molecular flexibility index (Phi) is 5.37. The van der Waals surface area contributed by atoms with E-state index in [4.69, 9.17) is 0 Å². The van der Waals surface area contributed by atoms with Gasteiger partial charge in [0.1, 0.15) is 0 Å². The molecule has 5 nitrogen and oxygen atoms in total. The standard InChI is InChI=1S/C13H19N3O2S3/c1-4-14-6-10-5-11(7-19-10)21(17,18)16-13-15-12(8-20-13)9(2)3/h5,7-9,14H,4,6H2,1-3H3,(H,15,16). The van der Waals surface area contributed by atoms with Crippen molar-refractivity contribution in [2.24, 2.45) is 0 Å². The van der Waals surface area contributed by atoms with Gasteiger partial charge >= 0.3 is 0 Å². The molecule has 0 fully saturated rings. The average molecular weight is 346 g/mol. The van der Waals surface area contributed by atoms with Crippen molar-refractivity contribution >= 4 is 37.8 Å². The predicted molar refractivity (Wildman–Crippen MR) is 88.7 cm³/mol. The minimum absolute atomic E-state index is 0.285. The molecular formula is C13H19N3O2S3. The Labute approximate surface area is 133 Å². The Hall–Kier alpha value is -0.960. The van der Waals surface area contributed by atoms with Gasteiger partial charge in [-0.25, -0.2) is 13.4 Å². The molecule has 2 heterocycles. The van der Waals surface area contributed by atoms with Gasteiger partial charge in [-0.15, -0.1) is 22.7 Å². The fourth-order valence-electron chi connectivity index (χ4n) is 1.61. The molecule has 2 aromatic rings. The van der Waals surface area contributed by atoms with E-state index in [1.807, 2.05) is 26.2 Å². The first-order valence-electron chi connectivity index (χ1n) is 6.68. The summed E-state index contributed by atoms with van der Waals surface area (Å²) in [6.45, 7) is 7.61. The number of sulfonamides is 1. The zero-order chi connectivity index (χ0) is 15.5. The molecule has 0 spiro atoms. The summed E-state index contributed by atoms with van der Waals surface area (Å²) in [5.41, 5.74) is 0.899. The molecule has 0 aliphatic rings. The van der Waals surface area contributed by atoms with Gasteiger partial charge in [-0.05, 0) is 18.5 Å². The molecule has 0 aliphatic carbocycles. The van der Waals surface area contributed by atoms with Crippen molar-refractivity contribution in [3.63, 3.8) is 0 Å². The molecule has 0 saturated carbocycles. The largest absolute Gasteiger partial charge is 0.312 e. The molecule has 2 rings (SSSR count). The lowest BCUT2D eigenvalue weighted by Gasteiger charge is -2.03. The van der Waals surface area contributed by atoms with Crippen LogP contribution < -0.4 is 10.0 Å². The Morgan fingerprint density at radius 2 is 2.05 bits per heavy atom. The lowest BCUT2D eigenvalue weighted by atomic mass is 10.2. The number of thiophene rings is 1. The summed E-state index contributed by atoms with van der Waals surface area (Å²) in [4.78, 5) is 5.59. The fraction of sp³-hybridized carbons (Fsp3) is 0.462. The normalized spacial score (nSPS) is 12.0. The molecule has 0 unspecified atom stereocenters.